The molecule has 0 saturated carbocycles. The lowest BCUT2D eigenvalue weighted by Gasteiger charge is -2.32. The number of anilines is 2. The predicted molar refractivity (Wildman–Crippen MR) is 162 cm³/mol. The summed E-state index contributed by atoms with van der Waals surface area (Å²) in [6.07, 6.45) is -3.45. The van der Waals surface area contributed by atoms with Crippen LogP contribution in [0.4, 0.5) is 24.5 Å². The Bertz CT molecular complexity index is 1520. The fourth-order valence-corrected chi connectivity index (χ4v) is 6.89. The Morgan fingerprint density at radius 2 is 1.93 bits per heavy atom. The summed E-state index contributed by atoms with van der Waals surface area (Å²) in [5.74, 6) is 6.30. The van der Waals surface area contributed by atoms with Gasteiger partial charge in [0.05, 0.1) is 33.9 Å². The second-order valence-electron chi connectivity index (χ2n) is 10.4. The number of likely N-dealkylation sites (tertiary alicyclic amines) is 1. The first kappa shape index (κ1) is 30.8. The summed E-state index contributed by atoms with van der Waals surface area (Å²) < 4.78 is 59.6. The van der Waals surface area contributed by atoms with E-state index < -0.39 is 19.7 Å². The molecular weight excluding hydrogens is 568 g/mol. The van der Waals surface area contributed by atoms with Crippen LogP contribution in [0, 0.1) is 23.2 Å². The molecule has 0 spiro atoms. The van der Waals surface area contributed by atoms with Crippen molar-refractivity contribution in [3.05, 3.63) is 46.8 Å². The van der Waals surface area contributed by atoms with Crippen molar-refractivity contribution in [2.45, 2.75) is 38.4 Å². The lowest BCUT2D eigenvalue weighted by molar-refractivity contribution is -0.126. The van der Waals surface area contributed by atoms with Gasteiger partial charge in [0.25, 0.3) is 0 Å². The fourth-order valence-electron chi connectivity index (χ4n) is 4.86. The molecule has 0 aliphatic carbocycles. The van der Waals surface area contributed by atoms with Gasteiger partial charge in [-0.2, -0.15) is 18.4 Å². The minimum absolute atomic E-state index is 0.138. The first-order valence-corrected chi connectivity index (χ1v) is 16.9. The van der Waals surface area contributed by atoms with Gasteiger partial charge in [0, 0.05) is 24.4 Å². The summed E-state index contributed by atoms with van der Waals surface area (Å²) >= 11 is 1.28. The number of thiophene rings is 1. The summed E-state index contributed by atoms with van der Waals surface area (Å²) in [6.45, 7) is 8.41. The predicted octanol–water partition coefficient (Wildman–Crippen LogP) is 6.52. The zero-order valence-corrected chi connectivity index (χ0v) is 25.1. The average molecular weight is 603 g/mol. The molecule has 1 fully saturated rings. The van der Waals surface area contributed by atoms with Crippen LogP contribution < -0.4 is 20.7 Å². The van der Waals surface area contributed by atoms with Gasteiger partial charge < -0.3 is 24.8 Å². The van der Waals surface area contributed by atoms with Crippen LogP contribution >= 0.6 is 18.5 Å². The summed E-state index contributed by atoms with van der Waals surface area (Å²) in [7, 11) is -2.54. The third-order valence-corrected chi connectivity index (χ3v) is 9.76. The van der Waals surface area contributed by atoms with Crippen LogP contribution in [0.25, 0.3) is 10.1 Å². The molecule has 0 radical (unpaired) electrons. The molecule has 4 rings (SSSR count). The molecule has 41 heavy (non-hydrogen) atoms. The number of nitriles is 1. The van der Waals surface area contributed by atoms with Crippen molar-refractivity contribution < 1.29 is 22.5 Å². The van der Waals surface area contributed by atoms with Crippen LogP contribution in [-0.4, -0.2) is 63.2 Å². The fraction of sp³-hybridized carbons (Fsp3) is 0.433. The van der Waals surface area contributed by atoms with Gasteiger partial charge >= 0.3 is 6.18 Å². The quantitative estimate of drug-likeness (QED) is 0.215. The standard InChI is InChI=1S/C30H34F3N4O2PS/c1-4-37-16-12-21(13-17-37)36-26-8-5-7-23-24(20-30(31,32)33)28(41-29(23)26)9-6-15-35-25-11-10-22(40(2,3)38)19-27(25)39-18-14-34/h5,7-8,10-11,19,21,35-36H,4,12-13,15-18,20H2,1-3H3. The van der Waals surface area contributed by atoms with Crippen molar-refractivity contribution in [1.82, 2.24) is 4.90 Å². The molecule has 0 atom stereocenters. The highest BCUT2D eigenvalue weighted by atomic mass is 32.1. The highest BCUT2D eigenvalue weighted by molar-refractivity contribution is 7.70. The van der Waals surface area contributed by atoms with Crippen LogP contribution in [0.2, 0.25) is 0 Å². The molecule has 0 amide bonds. The second kappa shape index (κ2) is 13.2. The van der Waals surface area contributed by atoms with Crippen LogP contribution in [0.1, 0.15) is 30.2 Å². The number of halogens is 3. The first-order chi connectivity index (χ1) is 19.5. The van der Waals surface area contributed by atoms with E-state index >= 15 is 0 Å². The van der Waals surface area contributed by atoms with E-state index in [1.807, 2.05) is 12.1 Å². The molecular formula is C30H34F3N4O2PS. The topological polar surface area (TPSA) is 77.4 Å². The van der Waals surface area contributed by atoms with Gasteiger partial charge in [0.1, 0.15) is 19.0 Å². The number of rotatable bonds is 9. The molecule has 1 aromatic heterocycles. The molecule has 0 unspecified atom stereocenters. The highest BCUT2D eigenvalue weighted by Crippen LogP contribution is 2.40. The molecule has 1 aliphatic rings. The molecule has 11 heteroatoms. The maximum absolute atomic E-state index is 13.6. The van der Waals surface area contributed by atoms with E-state index in [9.17, 15) is 17.7 Å². The minimum Gasteiger partial charge on any atom is -0.477 e. The van der Waals surface area contributed by atoms with E-state index in [4.69, 9.17) is 10.00 Å². The Morgan fingerprint density at radius 1 is 1.17 bits per heavy atom. The van der Waals surface area contributed by atoms with Gasteiger partial charge in [-0.15, -0.1) is 11.3 Å². The van der Waals surface area contributed by atoms with Crippen molar-refractivity contribution in [3.8, 4) is 23.7 Å². The zero-order chi connectivity index (χ0) is 29.6. The SMILES string of the molecule is CCN1CCC(Nc2cccc3c(CC(F)(F)F)c(C#CCNc4ccc(P(C)(C)=O)cc4OCC#N)sc23)CC1. The number of piperidine rings is 1. The number of hydrogen-bond acceptors (Lipinski definition) is 7. The first-order valence-electron chi connectivity index (χ1n) is 13.5. The Morgan fingerprint density at radius 3 is 2.59 bits per heavy atom. The number of nitrogens with one attached hydrogen (secondary N) is 2. The molecule has 218 valence electrons. The minimum atomic E-state index is -4.37. The molecule has 2 heterocycles. The van der Waals surface area contributed by atoms with Gasteiger partial charge in [-0.05, 0) is 67.9 Å². The van der Waals surface area contributed by atoms with E-state index in [0.29, 0.717) is 27.0 Å². The molecule has 2 aromatic carbocycles. The van der Waals surface area contributed by atoms with Gasteiger partial charge in [0.2, 0.25) is 0 Å². The number of fused-ring (bicyclic) bond motifs is 1. The summed E-state index contributed by atoms with van der Waals surface area (Å²) in [5.41, 5.74) is 1.60. The summed E-state index contributed by atoms with van der Waals surface area (Å²) in [6, 6.07) is 12.7. The van der Waals surface area contributed by atoms with Crippen LogP contribution in [0.3, 0.4) is 0 Å². The van der Waals surface area contributed by atoms with E-state index in [-0.39, 0.29) is 24.8 Å². The highest BCUT2D eigenvalue weighted by Gasteiger charge is 2.31. The van der Waals surface area contributed by atoms with E-state index in [2.05, 4.69) is 34.3 Å². The second-order valence-corrected chi connectivity index (χ2v) is 14.6. The van der Waals surface area contributed by atoms with Crippen molar-refractivity contribution in [2.75, 3.05) is 56.7 Å². The Labute approximate surface area is 243 Å². The molecule has 1 saturated heterocycles. The Balaban J connectivity index is 1.58. The normalized spacial score (nSPS) is 14.8. The number of alkyl halides is 3. The molecule has 3 aromatic rings. The summed E-state index contributed by atoms with van der Waals surface area (Å²) in [4.78, 5) is 2.79. The number of ether oxygens (including phenoxy) is 1. The number of benzene rings is 2. The average Bonchev–Trinajstić information content (AvgIpc) is 3.26. The van der Waals surface area contributed by atoms with Crippen molar-refractivity contribution in [2.24, 2.45) is 0 Å². The van der Waals surface area contributed by atoms with E-state index in [1.54, 1.807) is 43.7 Å². The number of nitrogens with zero attached hydrogens (tertiary/aromatic N) is 2. The third kappa shape index (κ3) is 8.20. The van der Waals surface area contributed by atoms with E-state index in [1.165, 1.54) is 11.3 Å². The Kier molecular flexibility index (Phi) is 9.92. The molecule has 6 nitrogen and oxygen atoms in total. The summed E-state index contributed by atoms with van der Waals surface area (Å²) in [5, 5.41) is 16.8. The number of hydrogen-bond donors (Lipinski definition) is 2. The smallest absolute Gasteiger partial charge is 0.393 e. The van der Waals surface area contributed by atoms with Gasteiger partial charge in [-0.1, -0.05) is 30.9 Å². The molecule has 0 bridgehead atoms. The van der Waals surface area contributed by atoms with Crippen LogP contribution in [0.5, 0.6) is 5.75 Å². The monoisotopic (exact) mass is 602 g/mol. The van der Waals surface area contributed by atoms with E-state index in [0.717, 1.165) is 42.9 Å². The van der Waals surface area contributed by atoms with Gasteiger partial charge in [0.15, 0.2) is 6.61 Å². The third-order valence-electron chi connectivity index (χ3n) is 7.04. The maximum Gasteiger partial charge on any atom is 0.393 e. The molecule has 2 N–H and O–H groups in total. The lowest BCUT2D eigenvalue weighted by atomic mass is 10.0. The van der Waals surface area contributed by atoms with Crippen LogP contribution in [0.15, 0.2) is 36.4 Å². The zero-order valence-electron chi connectivity index (χ0n) is 23.4. The molecule has 1 aliphatic heterocycles. The Hall–Kier alpha value is -3.17. The lowest BCUT2D eigenvalue weighted by Crippen LogP contribution is -2.38. The van der Waals surface area contributed by atoms with Gasteiger partial charge in [-0.3, -0.25) is 0 Å². The van der Waals surface area contributed by atoms with Gasteiger partial charge in [-0.25, -0.2) is 0 Å². The van der Waals surface area contributed by atoms with Crippen molar-refractivity contribution in [3.63, 3.8) is 0 Å². The van der Waals surface area contributed by atoms with Crippen molar-refractivity contribution >= 4 is 45.2 Å². The van der Waals surface area contributed by atoms with Crippen molar-refractivity contribution in [1.29, 1.82) is 5.26 Å². The maximum atomic E-state index is 13.6. The van der Waals surface area contributed by atoms with Crippen LogP contribution in [-0.2, 0) is 11.0 Å². The largest absolute Gasteiger partial charge is 0.477 e.